The quantitative estimate of drug-likeness (QED) is 0.643. The van der Waals surface area contributed by atoms with Crippen molar-refractivity contribution in [1.29, 1.82) is 0 Å². The van der Waals surface area contributed by atoms with Crippen LogP contribution in [0, 0.1) is 5.92 Å². The molecule has 0 radical (unpaired) electrons. The van der Waals surface area contributed by atoms with Gasteiger partial charge < -0.3 is 15.2 Å². The van der Waals surface area contributed by atoms with Gasteiger partial charge in [-0.1, -0.05) is 0 Å². The van der Waals surface area contributed by atoms with Gasteiger partial charge in [0.1, 0.15) is 11.7 Å². The maximum Gasteiger partial charge on any atom is 0.414 e. The zero-order valence-corrected chi connectivity index (χ0v) is 16.3. The van der Waals surface area contributed by atoms with E-state index in [0.29, 0.717) is 18.8 Å². The smallest absolute Gasteiger partial charge is 0.414 e. The van der Waals surface area contributed by atoms with Crippen LogP contribution in [0.1, 0.15) is 33.6 Å². The van der Waals surface area contributed by atoms with Crippen LogP contribution in [0.2, 0.25) is 0 Å². The van der Waals surface area contributed by atoms with Gasteiger partial charge in [0, 0.05) is 17.9 Å². The summed E-state index contributed by atoms with van der Waals surface area (Å²) >= 11 is 0. The first kappa shape index (κ1) is 19.5. The molecule has 148 valence electrons. The van der Waals surface area contributed by atoms with Gasteiger partial charge in [-0.25, -0.2) is 4.79 Å². The van der Waals surface area contributed by atoms with E-state index in [1.54, 1.807) is 17.0 Å². The highest BCUT2D eigenvalue weighted by atomic mass is 16.6. The first-order chi connectivity index (χ1) is 12.7. The largest absolute Gasteiger partial charge is 0.460 e. The molecule has 1 unspecified atom stereocenters. The first-order valence-electron chi connectivity index (χ1n) is 9.50. The van der Waals surface area contributed by atoms with Crippen molar-refractivity contribution >= 4 is 23.4 Å². The highest BCUT2D eigenvalue weighted by Gasteiger charge is 2.35. The maximum absolute atomic E-state index is 12.2. The Morgan fingerprint density at radius 3 is 2.44 bits per heavy atom. The van der Waals surface area contributed by atoms with Gasteiger partial charge in [0.15, 0.2) is 0 Å². The number of piperidine rings is 1. The average molecular weight is 375 g/mol. The molecule has 2 fully saturated rings. The van der Waals surface area contributed by atoms with E-state index < -0.39 is 5.60 Å². The number of carbonyl (C=O) groups excluding carboxylic acids is 2. The molecule has 7 heteroatoms. The molecular formula is C20H29N3O4. The van der Waals surface area contributed by atoms with Crippen LogP contribution in [-0.4, -0.2) is 54.8 Å². The third kappa shape index (κ3) is 5.13. The molecule has 0 bridgehead atoms. The Balaban J connectivity index is 1.48. The van der Waals surface area contributed by atoms with Crippen LogP contribution in [0.5, 0.6) is 0 Å². The molecule has 2 saturated heterocycles. The Morgan fingerprint density at radius 1 is 1.22 bits per heavy atom. The van der Waals surface area contributed by atoms with Gasteiger partial charge in [0.25, 0.3) is 0 Å². The molecule has 1 amide bonds. The molecule has 1 aromatic rings. The molecule has 1 atom stereocenters. The average Bonchev–Trinajstić information content (AvgIpc) is 2.95. The van der Waals surface area contributed by atoms with Crippen LogP contribution in [0.4, 0.5) is 16.2 Å². The predicted octanol–water partition coefficient (Wildman–Crippen LogP) is 2.65. The third-order valence-corrected chi connectivity index (χ3v) is 4.87. The van der Waals surface area contributed by atoms with E-state index in [9.17, 15) is 9.59 Å². The number of hydrogen-bond donors (Lipinski definition) is 1. The summed E-state index contributed by atoms with van der Waals surface area (Å²) in [5.41, 5.74) is 6.71. The number of rotatable bonds is 4. The summed E-state index contributed by atoms with van der Waals surface area (Å²) in [5, 5.41) is 0. The molecule has 2 N–H and O–H groups in total. The second-order valence-electron chi connectivity index (χ2n) is 8.32. The Bertz CT molecular complexity index is 675. The van der Waals surface area contributed by atoms with Gasteiger partial charge in [-0.15, -0.1) is 0 Å². The number of anilines is 2. The van der Waals surface area contributed by atoms with Crippen LogP contribution < -0.4 is 10.6 Å². The van der Waals surface area contributed by atoms with E-state index in [4.69, 9.17) is 15.2 Å². The van der Waals surface area contributed by atoms with E-state index in [0.717, 1.165) is 31.6 Å². The van der Waals surface area contributed by atoms with Crippen LogP contribution in [-0.2, 0) is 14.3 Å². The number of hydrogen-bond acceptors (Lipinski definition) is 6. The van der Waals surface area contributed by atoms with Gasteiger partial charge in [-0.05, 0) is 71.0 Å². The number of nitrogens with two attached hydrogens (primary N) is 1. The number of amides is 1. The first-order valence-corrected chi connectivity index (χ1v) is 9.50. The Morgan fingerprint density at radius 2 is 1.85 bits per heavy atom. The van der Waals surface area contributed by atoms with Crippen molar-refractivity contribution in [3.63, 3.8) is 0 Å². The zero-order valence-electron chi connectivity index (χ0n) is 16.3. The predicted molar refractivity (Wildman–Crippen MR) is 103 cm³/mol. The lowest BCUT2D eigenvalue weighted by Gasteiger charge is -2.33. The molecular weight excluding hydrogens is 346 g/mol. The monoisotopic (exact) mass is 375 g/mol. The van der Waals surface area contributed by atoms with E-state index in [1.165, 1.54) is 0 Å². The fourth-order valence-corrected chi connectivity index (χ4v) is 3.51. The van der Waals surface area contributed by atoms with E-state index in [-0.39, 0.29) is 24.1 Å². The summed E-state index contributed by atoms with van der Waals surface area (Å²) in [5.74, 6) is -0.151. The molecule has 0 aromatic heterocycles. The van der Waals surface area contributed by atoms with Crippen molar-refractivity contribution in [3.05, 3.63) is 24.3 Å². The number of benzene rings is 1. The van der Waals surface area contributed by atoms with E-state index in [2.05, 4.69) is 4.90 Å². The van der Waals surface area contributed by atoms with Crippen molar-refractivity contribution in [2.45, 2.75) is 45.3 Å². The fraction of sp³-hybridized carbons (Fsp3) is 0.600. The molecule has 27 heavy (non-hydrogen) atoms. The summed E-state index contributed by atoms with van der Waals surface area (Å²) in [6.07, 6.45) is 1.05. The van der Waals surface area contributed by atoms with E-state index >= 15 is 0 Å². The number of cyclic esters (lactones) is 1. The molecule has 0 aliphatic carbocycles. The molecule has 2 aliphatic rings. The molecule has 2 aliphatic heterocycles. The molecule has 2 heterocycles. The highest BCUT2D eigenvalue weighted by Crippen LogP contribution is 2.25. The maximum atomic E-state index is 12.2. The van der Waals surface area contributed by atoms with E-state index in [1.807, 2.05) is 32.9 Å². The highest BCUT2D eigenvalue weighted by molar-refractivity contribution is 5.89. The number of nitrogen functional groups attached to an aromatic ring is 1. The second-order valence-corrected chi connectivity index (χ2v) is 8.32. The molecule has 0 saturated carbocycles. The van der Waals surface area contributed by atoms with Crippen molar-refractivity contribution in [3.8, 4) is 0 Å². The number of likely N-dealkylation sites (tertiary alicyclic amines) is 1. The SMILES string of the molecule is CC(C)(C)OC(=O)C1CCN(CC2CN(c3ccc(N)cc3)C(=O)O2)CC1. The molecule has 7 nitrogen and oxygen atoms in total. The minimum Gasteiger partial charge on any atom is -0.460 e. The van der Waals surface area contributed by atoms with Gasteiger partial charge in [-0.2, -0.15) is 0 Å². The summed E-state index contributed by atoms with van der Waals surface area (Å²) in [6, 6.07) is 7.20. The van der Waals surface area contributed by atoms with Gasteiger partial charge in [0.2, 0.25) is 0 Å². The summed E-state index contributed by atoms with van der Waals surface area (Å²) < 4.78 is 11.0. The molecule has 0 spiro atoms. The lowest BCUT2D eigenvalue weighted by molar-refractivity contribution is -0.161. The minimum absolute atomic E-state index is 0.0436. The Hall–Kier alpha value is -2.28. The Labute approximate surface area is 160 Å². The zero-order chi connectivity index (χ0) is 19.6. The van der Waals surface area contributed by atoms with Crippen molar-refractivity contribution < 1.29 is 19.1 Å². The fourth-order valence-electron chi connectivity index (χ4n) is 3.51. The normalized spacial score (nSPS) is 22.0. The van der Waals surface area contributed by atoms with Gasteiger partial charge in [-0.3, -0.25) is 14.6 Å². The van der Waals surface area contributed by atoms with Crippen LogP contribution in [0.25, 0.3) is 0 Å². The van der Waals surface area contributed by atoms with Gasteiger partial charge >= 0.3 is 12.1 Å². The Kier molecular flexibility index (Phi) is 5.60. The minimum atomic E-state index is -0.447. The lowest BCUT2D eigenvalue weighted by Crippen LogP contribution is -2.42. The number of carbonyl (C=O) groups is 2. The number of esters is 1. The third-order valence-electron chi connectivity index (χ3n) is 4.87. The lowest BCUT2D eigenvalue weighted by atomic mass is 9.96. The van der Waals surface area contributed by atoms with Crippen molar-refractivity contribution in [2.75, 3.05) is 36.8 Å². The molecule has 1 aromatic carbocycles. The number of nitrogens with zero attached hydrogens (tertiary/aromatic N) is 2. The van der Waals surface area contributed by atoms with Crippen LogP contribution >= 0.6 is 0 Å². The molecule has 3 rings (SSSR count). The van der Waals surface area contributed by atoms with Crippen molar-refractivity contribution in [1.82, 2.24) is 4.90 Å². The summed E-state index contributed by atoms with van der Waals surface area (Å²) in [6.45, 7) is 8.48. The van der Waals surface area contributed by atoms with Crippen molar-refractivity contribution in [2.24, 2.45) is 5.92 Å². The number of ether oxygens (including phenoxy) is 2. The van der Waals surface area contributed by atoms with Gasteiger partial charge in [0.05, 0.1) is 12.5 Å². The van der Waals surface area contributed by atoms with Crippen LogP contribution in [0.3, 0.4) is 0 Å². The summed E-state index contributed by atoms with van der Waals surface area (Å²) in [7, 11) is 0. The summed E-state index contributed by atoms with van der Waals surface area (Å²) in [4.78, 5) is 28.3. The topological polar surface area (TPSA) is 85.1 Å². The second kappa shape index (κ2) is 7.76. The standard InChI is InChI=1S/C20H29N3O4/c1-20(2,3)27-18(24)14-8-10-22(11-9-14)12-17-13-23(19(25)26-17)16-6-4-15(21)5-7-16/h4-7,14,17H,8-13,21H2,1-3H3. The van der Waals surface area contributed by atoms with Crippen LogP contribution in [0.15, 0.2) is 24.3 Å².